The van der Waals surface area contributed by atoms with Crippen molar-refractivity contribution < 1.29 is 9.59 Å². The summed E-state index contributed by atoms with van der Waals surface area (Å²) in [6.07, 6.45) is 12.2. The van der Waals surface area contributed by atoms with Gasteiger partial charge in [-0.1, -0.05) is 17.4 Å². The van der Waals surface area contributed by atoms with Crippen LogP contribution < -0.4 is 20.4 Å². The van der Waals surface area contributed by atoms with Gasteiger partial charge in [-0.15, -0.1) is 10.2 Å². The first-order valence-electron chi connectivity index (χ1n) is 19.8. The van der Waals surface area contributed by atoms with E-state index in [0.717, 1.165) is 102 Å². The molecule has 5 aliphatic rings. The number of carbonyl (C=O) groups excluding carboxylic acids is 2. The summed E-state index contributed by atoms with van der Waals surface area (Å²) in [6, 6.07) is 17.2. The van der Waals surface area contributed by atoms with Crippen LogP contribution in [0.3, 0.4) is 0 Å². The van der Waals surface area contributed by atoms with Crippen LogP contribution in [0.1, 0.15) is 68.4 Å². The first-order chi connectivity index (χ1) is 27.8. The molecule has 2 unspecified atom stereocenters. The highest BCUT2D eigenvalue weighted by Crippen LogP contribution is 2.43. The summed E-state index contributed by atoms with van der Waals surface area (Å²) < 4.78 is 1.77. The van der Waals surface area contributed by atoms with E-state index in [-0.39, 0.29) is 17.7 Å². The highest BCUT2D eigenvalue weighted by molar-refractivity contribution is 7.18. The Morgan fingerprint density at radius 3 is 2.46 bits per heavy atom. The lowest BCUT2D eigenvalue weighted by atomic mass is 9.91. The fourth-order valence-corrected chi connectivity index (χ4v) is 10.00. The summed E-state index contributed by atoms with van der Waals surface area (Å²) in [5.41, 5.74) is 4.67. The van der Waals surface area contributed by atoms with Crippen LogP contribution in [0.5, 0.6) is 0 Å². The first-order valence-corrected chi connectivity index (χ1v) is 20.6. The molecule has 10 rings (SSSR count). The molecule has 2 amide bonds. The highest BCUT2D eigenvalue weighted by atomic mass is 32.1. The Bertz CT molecular complexity index is 2440. The molecular formula is C41H41N13O2S. The smallest absolute Gasteiger partial charge is 0.234 e. The summed E-state index contributed by atoms with van der Waals surface area (Å²) >= 11 is 1.58. The fourth-order valence-electron chi connectivity index (χ4n) is 9.11. The lowest BCUT2D eigenvalue weighted by Crippen LogP contribution is -2.55. The van der Waals surface area contributed by atoms with Gasteiger partial charge in [0.05, 0.1) is 46.2 Å². The number of nitrogens with one attached hydrogen (secondary N) is 2. The molecule has 5 aromatic rings. The van der Waals surface area contributed by atoms with E-state index < -0.39 is 5.54 Å². The van der Waals surface area contributed by atoms with Gasteiger partial charge in [-0.2, -0.15) is 15.6 Å². The molecule has 15 nitrogen and oxygen atoms in total. The number of hydrogen-bond donors (Lipinski definition) is 2. The molecule has 57 heavy (non-hydrogen) atoms. The van der Waals surface area contributed by atoms with Crippen molar-refractivity contribution in [2.24, 2.45) is 5.92 Å². The summed E-state index contributed by atoms with van der Waals surface area (Å²) in [4.78, 5) is 41.0. The Kier molecular flexibility index (Phi) is 8.83. The maximum absolute atomic E-state index is 12.3. The first kappa shape index (κ1) is 35.4. The van der Waals surface area contributed by atoms with E-state index in [4.69, 9.17) is 15.1 Å². The van der Waals surface area contributed by atoms with E-state index in [9.17, 15) is 20.1 Å². The average molecular weight is 780 g/mol. The number of nitriles is 2. The average Bonchev–Trinajstić information content (AvgIpc) is 3.50. The Morgan fingerprint density at radius 2 is 1.74 bits per heavy atom. The zero-order valence-electron chi connectivity index (χ0n) is 31.3. The fraction of sp³-hybridized carbons (Fsp3) is 0.439. The van der Waals surface area contributed by atoms with Crippen LogP contribution in [-0.4, -0.2) is 96.8 Å². The zero-order chi connectivity index (χ0) is 38.7. The number of amides is 2. The Labute approximate surface area is 333 Å². The maximum Gasteiger partial charge on any atom is 0.234 e. The van der Waals surface area contributed by atoms with Gasteiger partial charge >= 0.3 is 0 Å². The lowest BCUT2D eigenvalue weighted by Gasteiger charge is -2.43. The quantitative estimate of drug-likeness (QED) is 0.196. The third kappa shape index (κ3) is 6.72. The van der Waals surface area contributed by atoms with Gasteiger partial charge in [0, 0.05) is 69.3 Å². The summed E-state index contributed by atoms with van der Waals surface area (Å²) in [5.74, 6) is 0.838. The van der Waals surface area contributed by atoms with Crippen LogP contribution in [0.25, 0.3) is 27.5 Å². The van der Waals surface area contributed by atoms with Crippen LogP contribution in [0, 0.1) is 28.6 Å². The third-order valence-corrected chi connectivity index (χ3v) is 13.5. The SMILES string of the molecule is N#Cc1cnn2c(-c3cc(NC4(C#N)CC4)c(-c4nnc(N5CC6CCC(C5)N6CC5CCN(c6ccc([C@H]7CCC(=O)NC7=O)cn6)CC5)s4)cn3)ccc2c1. The van der Waals surface area contributed by atoms with Gasteiger partial charge in [0.2, 0.25) is 16.9 Å². The maximum atomic E-state index is 12.3. The van der Waals surface area contributed by atoms with Crippen molar-refractivity contribution in [2.45, 2.75) is 74.9 Å². The molecule has 4 saturated heterocycles. The van der Waals surface area contributed by atoms with Crippen molar-refractivity contribution in [2.75, 3.05) is 47.8 Å². The Morgan fingerprint density at radius 1 is 0.912 bits per heavy atom. The van der Waals surface area contributed by atoms with Crippen LogP contribution in [0.15, 0.2) is 55.0 Å². The molecule has 0 spiro atoms. The van der Waals surface area contributed by atoms with E-state index in [1.807, 2.05) is 36.5 Å². The van der Waals surface area contributed by atoms with Gasteiger partial charge in [0.15, 0.2) is 5.01 Å². The number of aromatic nitrogens is 6. The van der Waals surface area contributed by atoms with Crippen molar-refractivity contribution in [3.63, 3.8) is 0 Å². The molecule has 16 heteroatoms. The number of hydrogen-bond acceptors (Lipinski definition) is 14. The Balaban J connectivity index is 0.791. The highest BCUT2D eigenvalue weighted by Gasteiger charge is 2.44. The molecule has 0 aromatic carbocycles. The molecule has 9 heterocycles. The monoisotopic (exact) mass is 779 g/mol. The molecule has 2 N–H and O–H groups in total. The number of fused-ring (bicyclic) bond motifs is 3. The van der Waals surface area contributed by atoms with Gasteiger partial charge in [-0.05, 0) is 86.8 Å². The third-order valence-electron chi connectivity index (χ3n) is 12.5. The molecule has 2 bridgehead atoms. The van der Waals surface area contributed by atoms with E-state index in [2.05, 4.69) is 47.7 Å². The van der Waals surface area contributed by atoms with Gasteiger partial charge in [0.25, 0.3) is 0 Å². The van der Waals surface area contributed by atoms with Crippen molar-refractivity contribution >= 4 is 45.3 Å². The van der Waals surface area contributed by atoms with Gasteiger partial charge in [-0.25, -0.2) is 9.50 Å². The minimum absolute atomic E-state index is 0.201. The Hall–Kier alpha value is -5.97. The number of carbonyl (C=O) groups is 2. The molecule has 3 atom stereocenters. The van der Waals surface area contributed by atoms with E-state index in [0.29, 0.717) is 42.1 Å². The second-order valence-corrected chi connectivity index (χ2v) is 17.1. The second kappa shape index (κ2) is 14.2. The minimum Gasteiger partial charge on any atom is -0.367 e. The molecule has 5 aromatic heterocycles. The number of piperidine rings is 2. The minimum atomic E-state index is -0.601. The normalized spacial score (nSPS) is 23.3. The molecular weight excluding hydrogens is 739 g/mol. The number of pyridine rings is 2. The van der Waals surface area contributed by atoms with Gasteiger partial charge in [0.1, 0.15) is 17.4 Å². The number of piperazine rings is 1. The van der Waals surface area contributed by atoms with Crippen molar-refractivity contribution in [3.8, 4) is 34.1 Å². The molecule has 5 fully saturated rings. The second-order valence-electron chi connectivity index (χ2n) is 16.1. The predicted molar refractivity (Wildman–Crippen MR) is 213 cm³/mol. The van der Waals surface area contributed by atoms with Gasteiger partial charge < -0.3 is 15.1 Å². The topological polar surface area (TPSA) is 184 Å². The number of anilines is 3. The van der Waals surface area contributed by atoms with Crippen LogP contribution in [0.2, 0.25) is 0 Å². The van der Waals surface area contributed by atoms with E-state index in [1.165, 1.54) is 12.8 Å². The molecule has 1 saturated carbocycles. The summed E-state index contributed by atoms with van der Waals surface area (Å²) in [6.45, 7) is 4.88. The largest absolute Gasteiger partial charge is 0.367 e. The standard InChI is InChI=1S/C41H41N13O2S/c42-17-26-15-28-4-6-35(54(28)46-18-26)34-16-33(48-41(24-43)11-12-41)32(20-44-34)39-49-50-40(57-39)52-22-29-2-3-30(23-52)53(29)21-25-9-13-51(14-10-25)36-7-1-27(19-45-36)31-5-8-37(55)47-38(31)56/h1,4,6-7,15-16,18-20,25,29-31H,2-3,5,8-14,21-23H2,(H,44,48)(H,47,55,56)/t29?,30?,31-/m1/s1. The van der Waals surface area contributed by atoms with Crippen molar-refractivity contribution in [1.29, 1.82) is 10.5 Å². The summed E-state index contributed by atoms with van der Waals surface area (Å²) in [7, 11) is 0. The molecule has 0 radical (unpaired) electrons. The number of nitrogens with zero attached hydrogens (tertiary/aromatic N) is 11. The van der Waals surface area contributed by atoms with Gasteiger partial charge in [-0.3, -0.25) is 24.8 Å². The number of imide groups is 1. The van der Waals surface area contributed by atoms with Crippen molar-refractivity contribution in [1.82, 2.24) is 40.0 Å². The molecule has 4 aliphatic heterocycles. The predicted octanol–water partition coefficient (Wildman–Crippen LogP) is 4.74. The number of rotatable bonds is 9. The van der Waals surface area contributed by atoms with Crippen LogP contribution in [0.4, 0.5) is 16.6 Å². The van der Waals surface area contributed by atoms with E-state index in [1.54, 1.807) is 34.3 Å². The zero-order valence-corrected chi connectivity index (χ0v) is 32.2. The lowest BCUT2D eigenvalue weighted by molar-refractivity contribution is -0.134. The van der Waals surface area contributed by atoms with E-state index >= 15 is 0 Å². The van der Waals surface area contributed by atoms with Crippen molar-refractivity contribution in [3.05, 3.63) is 66.1 Å². The van der Waals surface area contributed by atoms with Crippen LogP contribution in [-0.2, 0) is 9.59 Å². The van der Waals surface area contributed by atoms with Crippen LogP contribution >= 0.6 is 11.3 Å². The molecule has 1 aliphatic carbocycles. The molecule has 288 valence electrons. The summed E-state index contributed by atoms with van der Waals surface area (Å²) in [5, 5.41) is 40.8.